The summed E-state index contributed by atoms with van der Waals surface area (Å²) in [5.41, 5.74) is -0.158. The van der Waals surface area contributed by atoms with Gasteiger partial charge in [-0.3, -0.25) is 14.2 Å². The Hall–Kier alpha value is -1.89. The highest BCUT2D eigenvalue weighted by molar-refractivity contribution is 5.76. The third kappa shape index (κ3) is 5.18. The average molecular weight is 296 g/mol. The van der Waals surface area contributed by atoms with Crippen LogP contribution in [0.2, 0.25) is 0 Å². The van der Waals surface area contributed by atoms with Crippen LogP contribution in [0.5, 0.6) is 0 Å². The van der Waals surface area contributed by atoms with Gasteiger partial charge in [0, 0.05) is 51.9 Å². The Balaban J connectivity index is 2.45. The van der Waals surface area contributed by atoms with Crippen LogP contribution in [0.1, 0.15) is 25.8 Å². The lowest BCUT2D eigenvalue weighted by Gasteiger charge is -2.09. The van der Waals surface area contributed by atoms with Crippen molar-refractivity contribution in [3.8, 4) is 0 Å². The molecule has 21 heavy (non-hydrogen) atoms. The third-order valence-electron chi connectivity index (χ3n) is 3.07. The van der Waals surface area contributed by atoms with Gasteiger partial charge in [0.25, 0.3) is 5.56 Å². The van der Waals surface area contributed by atoms with Gasteiger partial charge in [0.1, 0.15) is 0 Å². The molecule has 0 spiro atoms. The predicted octanol–water partition coefficient (Wildman–Crippen LogP) is -0.664. The number of carbonyl (C=O) groups is 1. The van der Waals surface area contributed by atoms with E-state index < -0.39 is 0 Å². The topological polar surface area (TPSA) is 85.1 Å². The Bertz CT molecular complexity index is 601. The van der Waals surface area contributed by atoms with Crippen molar-refractivity contribution < 1.29 is 4.79 Å². The predicted molar refractivity (Wildman–Crippen MR) is 81.1 cm³/mol. The first-order valence-corrected chi connectivity index (χ1v) is 7.06. The third-order valence-corrected chi connectivity index (χ3v) is 3.07. The minimum atomic E-state index is -0.350. The second-order valence-electron chi connectivity index (χ2n) is 5.54. The molecule has 1 aromatic heterocycles. The van der Waals surface area contributed by atoms with E-state index >= 15 is 0 Å². The van der Waals surface area contributed by atoms with Gasteiger partial charge in [0.05, 0.1) is 0 Å². The van der Waals surface area contributed by atoms with Gasteiger partial charge in [-0.2, -0.15) is 0 Å². The Morgan fingerprint density at radius 1 is 1.29 bits per heavy atom. The summed E-state index contributed by atoms with van der Waals surface area (Å²) in [6.45, 7) is 5.55. The lowest BCUT2D eigenvalue weighted by Crippen LogP contribution is -2.39. The van der Waals surface area contributed by atoms with Crippen molar-refractivity contribution in [2.75, 3.05) is 13.1 Å². The minimum Gasteiger partial charge on any atom is -0.356 e. The van der Waals surface area contributed by atoms with Crippen LogP contribution in [0.3, 0.4) is 0 Å². The van der Waals surface area contributed by atoms with Crippen LogP contribution in [0, 0.1) is 5.92 Å². The molecule has 0 saturated heterocycles. The number of nitrogens with one attached hydrogen (secondary N) is 2. The van der Waals surface area contributed by atoms with Gasteiger partial charge in [-0.1, -0.05) is 13.8 Å². The molecular formula is C14H24N4O3. The van der Waals surface area contributed by atoms with E-state index in [2.05, 4.69) is 10.6 Å². The SMILES string of the molecule is CC(C)CNC(=O)CCNCc1cn(C)c(=O)n(C)c1=O. The van der Waals surface area contributed by atoms with E-state index in [9.17, 15) is 14.4 Å². The van der Waals surface area contributed by atoms with Crippen molar-refractivity contribution in [3.63, 3.8) is 0 Å². The molecule has 0 aliphatic carbocycles. The van der Waals surface area contributed by atoms with Gasteiger partial charge in [0.2, 0.25) is 5.91 Å². The van der Waals surface area contributed by atoms with Crippen LogP contribution in [-0.2, 0) is 25.4 Å². The Labute approximate surface area is 124 Å². The maximum Gasteiger partial charge on any atom is 0.330 e. The summed E-state index contributed by atoms with van der Waals surface area (Å²) in [5, 5.41) is 5.87. The van der Waals surface area contributed by atoms with Crippen LogP contribution < -0.4 is 21.9 Å². The molecule has 0 unspecified atom stereocenters. The Morgan fingerprint density at radius 3 is 2.57 bits per heavy atom. The molecule has 7 nitrogen and oxygen atoms in total. The number of aromatic nitrogens is 2. The van der Waals surface area contributed by atoms with E-state index in [0.29, 0.717) is 37.5 Å². The van der Waals surface area contributed by atoms with Crippen LogP contribution in [0.4, 0.5) is 0 Å². The molecule has 118 valence electrons. The smallest absolute Gasteiger partial charge is 0.330 e. The molecule has 0 aromatic carbocycles. The fourth-order valence-corrected chi connectivity index (χ4v) is 1.84. The highest BCUT2D eigenvalue weighted by Crippen LogP contribution is 1.90. The van der Waals surface area contributed by atoms with Crippen LogP contribution >= 0.6 is 0 Å². The minimum absolute atomic E-state index is 0.00966. The van der Waals surface area contributed by atoms with Crippen molar-refractivity contribution in [3.05, 3.63) is 32.6 Å². The first kappa shape index (κ1) is 17.2. The summed E-state index contributed by atoms with van der Waals surface area (Å²) in [6.07, 6.45) is 1.88. The van der Waals surface area contributed by atoms with E-state index in [1.807, 2.05) is 13.8 Å². The van der Waals surface area contributed by atoms with Crippen molar-refractivity contribution in [1.29, 1.82) is 0 Å². The standard InChI is InChI=1S/C14H24N4O3/c1-10(2)7-16-12(19)5-6-15-8-11-9-17(3)14(21)18(4)13(11)20/h9-10,15H,5-8H2,1-4H3,(H,16,19). The van der Waals surface area contributed by atoms with Crippen molar-refractivity contribution >= 4 is 5.91 Å². The molecule has 0 saturated carbocycles. The summed E-state index contributed by atoms with van der Waals surface area (Å²) in [4.78, 5) is 34.9. The molecule has 0 aliphatic rings. The van der Waals surface area contributed by atoms with Gasteiger partial charge in [-0.15, -0.1) is 0 Å². The highest BCUT2D eigenvalue weighted by Gasteiger charge is 2.07. The van der Waals surface area contributed by atoms with Crippen LogP contribution in [0.25, 0.3) is 0 Å². The first-order chi connectivity index (χ1) is 9.82. The first-order valence-electron chi connectivity index (χ1n) is 7.06. The van der Waals surface area contributed by atoms with Gasteiger partial charge in [0.15, 0.2) is 0 Å². The van der Waals surface area contributed by atoms with E-state index in [-0.39, 0.29) is 17.2 Å². The molecule has 1 amide bonds. The number of hydrogen-bond acceptors (Lipinski definition) is 4. The van der Waals surface area contributed by atoms with Crippen molar-refractivity contribution in [1.82, 2.24) is 19.8 Å². The number of aryl methyl sites for hydroxylation is 1. The molecule has 0 aliphatic heterocycles. The molecule has 0 bridgehead atoms. The summed E-state index contributed by atoms with van der Waals surface area (Å²) >= 11 is 0. The fraction of sp³-hybridized carbons (Fsp3) is 0.643. The van der Waals surface area contributed by atoms with Gasteiger partial charge < -0.3 is 15.2 Å². The van der Waals surface area contributed by atoms with Crippen molar-refractivity contribution in [2.24, 2.45) is 20.0 Å². The largest absolute Gasteiger partial charge is 0.356 e. The molecule has 1 heterocycles. The molecule has 0 radical (unpaired) electrons. The summed E-state index contributed by atoms with van der Waals surface area (Å²) in [6, 6.07) is 0. The molecular weight excluding hydrogens is 272 g/mol. The fourth-order valence-electron chi connectivity index (χ4n) is 1.84. The van der Waals surface area contributed by atoms with Gasteiger partial charge in [-0.05, 0) is 5.92 Å². The average Bonchev–Trinajstić information content (AvgIpc) is 2.44. The zero-order valence-electron chi connectivity index (χ0n) is 13.1. The number of amides is 1. The number of rotatable bonds is 7. The monoisotopic (exact) mass is 296 g/mol. The lowest BCUT2D eigenvalue weighted by molar-refractivity contribution is -0.121. The maximum absolute atomic E-state index is 11.9. The summed E-state index contributed by atoms with van der Waals surface area (Å²) in [7, 11) is 3.05. The molecule has 0 fully saturated rings. The van der Waals surface area contributed by atoms with Crippen LogP contribution in [-0.4, -0.2) is 28.1 Å². The second kappa shape index (κ2) is 7.78. The zero-order chi connectivity index (χ0) is 16.0. The quantitative estimate of drug-likeness (QED) is 0.654. The second-order valence-corrected chi connectivity index (χ2v) is 5.54. The van der Waals surface area contributed by atoms with E-state index in [1.54, 1.807) is 7.05 Å². The van der Waals surface area contributed by atoms with Gasteiger partial charge >= 0.3 is 5.69 Å². The lowest BCUT2D eigenvalue weighted by atomic mass is 10.2. The normalized spacial score (nSPS) is 10.9. The maximum atomic E-state index is 11.9. The Morgan fingerprint density at radius 2 is 1.95 bits per heavy atom. The number of carbonyl (C=O) groups excluding carboxylic acids is 1. The van der Waals surface area contributed by atoms with E-state index in [0.717, 1.165) is 4.57 Å². The Kier molecular flexibility index (Phi) is 6.36. The van der Waals surface area contributed by atoms with E-state index in [4.69, 9.17) is 0 Å². The summed E-state index contributed by atoms with van der Waals surface area (Å²) in [5.74, 6) is 0.417. The molecule has 2 N–H and O–H groups in total. The highest BCUT2D eigenvalue weighted by atomic mass is 16.2. The number of nitrogens with zero attached hydrogens (tertiary/aromatic N) is 2. The van der Waals surface area contributed by atoms with E-state index in [1.165, 1.54) is 17.8 Å². The molecule has 1 aromatic rings. The summed E-state index contributed by atoms with van der Waals surface area (Å²) < 4.78 is 2.44. The number of hydrogen-bond donors (Lipinski definition) is 2. The molecule has 1 rings (SSSR count). The zero-order valence-corrected chi connectivity index (χ0v) is 13.1. The van der Waals surface area contributed by atoms with Crippen LogP contribution in [0.15, 0.2) is 15.8 Å². The molecule has 7 heteroatoms. The van der Waals surface area contributed by atoms with Gasteiger partial charge in [-0.25, -0.2) is 4.79 Å². The molecule has 0 atom stereocenters. The van der Waals surface area contributed by atoms with Crippen molar-refractivity contribution in [2.45, 2.75) is 26.8 Å².